The lowest BCUT2D eigenvalue weighted by molar-refractivity contribution is 0.608. The molecule has 0 N–H and O–H groups in total. The van der Waals surface area contributed by atoms with E-state index in [4.69, 9.17) is 11.6 Å². The molecule has 0 saturated carbocycles. The van der Waals surface area contributed by atoms with Crippen molar-refractivity contribution in [2.24, 2.45) is 5.92 Å². The third-order valence-corrected chi connectivity index (χ3v) is 3.89. The van der Waals surface area contributed by atoms with E-state index in [9.17, 15) is 0 Å². The van der Waals surface area contributed by atoms with Crippen molar-refractivity contribution < 1.29 is 0 Å². The second-order valence-electron chi connectivity index (χ2n) is 4.16. The van der Waals surface area contributed by atoms with Gasteiger partial charge in [0.15, 0.2) is 0 Å². The van der Waals surface area contributed by atoms with Gasteiger partial charge in [0.25, 0.3) is 0 Å². The fraction of sp³-hybridized carbons (Fsp3) is 0.500. The van der Waals surface area contributed by atoms with E-state index in [-0.39, 0.29) is 5.38 Å². The molecule has 0 aromatic heterocycles. The molecule has 0 bridgehead atoms. The van der Waals surface area contributed by atoms with Gasteiger partial charge in [-0.3, -0.25) is 0 Å². The predicted octanol–water partition coefficient (Wildman–Crippen LogP) is 3.78. The third kappa shape index (κ3) is 1.28. The van der Waals surface area contributed by atoms with Crippen LogP contribution in [0.2, 0.25) is 0 Å². The number of hydrogen-bond donors (Lipinski definition) is 0. The summed E-state index contributed by atoms with van der Waals surface area (Å²) in [5, 5.41) is 0.231. The number of aryl methyl sites for hydroxylation is 1. The van der Waals surface area contributed by atoms with Crippen molar-refractivity contribution in [3.05, 3.63) is 34.4 Å². The number of halogens is 1. The maximum absolute atomic E-state index is 6.32. The zero-order valence-electron chi connectivity index (χ0n) is 8.39. The number of benzene rings is 1. The fourth-order valence-corrected chi connectivity index (χ4v) is 2.45. The number of rotatable bonds is 0. The zero-order chi connectivity index (χ0) is 9.59. The van der Waals surface area contributed by atoms with Crippen LogP contribution in [0.25, 0.3) is 0 Å². The fourth-order valence-electron chi connectivity index (χ4n) is 2.16. The van der Waals surface area contributed by atoms with Crippen LogP contribution < -0.4 is 0 Å². The number of fused-ring (bicyclic) bond motifs is 1. The van der Waals surface area contributed by atoms with Crippen molar-refractivity contribution in [1.82, 2.24) is 0 Å². The van der Waals surface area contributed by atoms with Gasteiger partial charge < -0.3 is 0 Å². The first-order chi connectivity index (χ1) is 6.11. The van der Waals surface area contributed by atoms with Crippen molar-refractivity contribution in [2.75, 3.05) is 0 Å². The van der Waals surface area contributed by atoms with Crippen molar-refractivity contribution >= 4 is 11.6 Å². The molecule has 1 aromatic rings. The van der Waals surface area contributed by atoms with Crippen molar-refractivity contribution in [3.8, 4) is 0 Å². The highest BCUT2D eigenvalue weighted by molar-refractivity contribution is 6.21. The molecule has 0 heterocycles. The van der Waals surface area contributed by atoms with Crippen LogP contribution in [0.15, 0.2) is 12.1 Å². The van der Waals surface area contributed by atoms with E-state index in [0.717, 1.165) is 6.42 Å². The molecule has 1 heteroatoms. The lowest BCUT2D eigenvalue weighted by Crippen LogP contribution is -1.94. The summed E-state index contributed by atoms with van der Waals surface area (Å²) in [5.74, 6) is 0.595. The molecular formula is C12H15Cl. The smallest absolute Gasteiger partial charge is 0.0616 e. The zero-order valence-corrected chi connectivity index (χ0v) is 9.15. The Hall–Kier alpha value is -0.490. The monoisotopic (exact) mass is 194 g/mol. The SMILES string of the molecule is Cc1ccc2c(c1C)CC(C)C2Cl. The van der Waals surface area contributed by atoms with Crippen LogP contribution in [0, 0.1) is 19.8 Å². The summed E-state index contributed by atoms with van der Waals surface area (Å²) in [6.07, 6.45) is 1.15. The van der Waals surface area contributed by atoms with Gasteiger partial charge in [-0.25, -0.2) is 0 Å². The van der Waals surface area contributed by atoms with Crippen LogP contribution in [0.3, 0.4) is 0 Å². The summed E-state index contributed by atoms with van der Waals surface area (Å²) in [6, 6.07) is 4.38. The molecule has 0 aliphatic heterocycles. The molecule has 0 fully saturated rings. The van der Waals surface area contributed by atoms with Crippen molar-refractivity contribution in [3.63, 3.8) is 0 Å². The Labute approximate surface area is 84.9 Å². The minimum absolute atomic E-state index is 0.231. The number of hydrogen-bond acceptors (Lipinski definition) is 0. The molecule has 1 aliphatic rings. The largest absolute Gasteiger partial charge is 0.118 e. The van der Waals surface area contributed by atoms with E-state index in [1.54, 1.807) is 0 Å². The van der Waals surface area contributed by atoms with Crippen molar-refractivity contribution in [1.29, 1.82) is 0 Å². The second kappa shape index (κ2) is 3.02. The third-order valence-electron chi connectivity index (χ3n) is 3.23. The molecule has 2 atom stereocenters. The maximum Gasteiger partial charge on any atom is 0.0616 e. The molecule has 70 valence electrons. The Bertz CT molecular complexity index is 341. The summed E-state index contributed by atoms with van der Waals surface area (Å²) in [4.78, 5) is 0. The molecule has 1 aliphatic carbocycles. The molecule has 2 rings (SSSR count). The molecule has 1 aromatic carbocycles. The van der Waals surface area contributed by atoms with Gasteiger partial charge in [0.2, 0.25) is 0 Å². The van der Waals surface area contributed by atoms with Gasteiger partial charge >= 0.3 is 0 Å². The summed E-state index contributed by atoms with van der Waals surface area (Å²) in [6.45, 7) is 6.60. The molecule has 0 nitrogen and oxygen atoms in total. The first-order valence-electron chi connectivity index (χ1n) is 4.84. The molecule has 0 amide bonds. The highest BCUT2D eigenvalue weighted by atomic mass is 35.5. The Kier molecular flexibility index (Phi) is 2.11. The van der Waals surface area contributed by atoms with Crippen LogP contribution >= 0.6 is 11.6 Å². The summed E-state index contributed by atoms with van der Waals surface area (Å²) in [5.41, 5.74) is 5.67. The topological polar surface area (TPSA) is 0 Å². The standard InChI is InChI=1S/C12H15Cl/c1-7-4-5-10-11(9(7)3)6-8(2)12(10)13/h4-5,8,12H,6H2,1-3H3. The average molecular weight is 195 g/mol. The average Bonchev–Trinajstić information content (AvgIpc) is 2.38. The van der Waals surface area contributed by atoms with E-state index in [1.165, 1.54) is 22.3 Å². The first kappa shape index (κ1) is 9.08. The first-order valence-corrected chi connectivity index (χ1v) is 5.28. The Morgan fingerprint density at radius 2 is 2.00 bits per heavy atom. The molecule has 0 radical (unpaired) electrons. The number of alkyl halides is 1. The molecular weight excluding hydrogens is 180 g/mol. The van der Waals surface area contributed by atoms with Gasteiger partial charge in [-0.2, -0.15) is 0 Å². The lowest BCUT2D eigenvalue weighted by atomic mass is 10.00. The van der Waals surface area contributed by atoms with Gasteiger partial charge in [0.1, 0.15) is 0 Å². The highest BCUT2D eigenvalue weighted by Crippen LogP contribution is 2.42. The van der Waals surface area contributed by atoms with E-state index in [1.807, 2.05) is 0 Å². The molecule has 0 saturated heterocycles. The highest BCUT2D eigenvalue weighted by Gasteiger charge is 2.28. The van der Waals surface area contributed by atoms with Crippen molar-refractivity contribution in [2.45, 2.75) is 32.6 Å². The van der Waals surface area contributed by atoms with E-state index >= 15 is 0 Å². The lowest BCUT2D eigenvalue weighted by Gasteiger charge is -2.08. The normalized spacial score (nSPS) is 26.2. The Balaban J connectivity index is 2.57. The molecule has 0 spiro atoms. The van der Waals surface area contributed by atoms with Crippen LogP contribution in [-0.4, -0.2) is 0 Å². The van der Waals surface area contributed by atoms with E-state index in [0.29, 0.717) is 5.92 Å². The quantitative estimate of drug-likeness (QED) is 0.552. The van der Waals surface area contributed by atoms with E-state index < -0.39 is 0 Å². The van der Waals surface area contributed by atoms with Gasteiger partial charge in [-0.05, 0) is 48.4 Å². The van der Waals surface area contributed by atoms with E-state index in [2.05, 4.69) is 32.9 Å². The van der Waals surface area contributed by atoms with Gasteiger partial charge in [0, 0.05) is 0 Å². The van der Waals surface area contributed by atoms with Gasteiger partial charge in [-0.15, -0.1) is 11.6 Å². The summed E-state index contributed by atoms with van der Waals surface area (Å²) >= 11 is 6.32. The summed E-state index contributed by atoms with van der Waals surface area (Å²) < 4.78 is 0. The second-order valence-corrected chi connectivity index (χ2v) is 4.63. The maximum atomic E-state index is 6.32. The van der Waals surface area contributed by atoms with Crippen LogP contribution in [-0.2, 0) is 6.42 Å². The van der Waals surface area contributed by atoms with Crippen LogP contribution in [0.5, 0.6) is 0 Å². The molecule has 13 heavy (non-hydrogen) atoms. The van der Waals surface area contributed by atoms with Gasteiger partial charge in [-0.1, -0.05) is 19.1 Å². The summed E-state index contributed by atoms with van der Waals surface area (Å²) in [7, 11) is 0. The van der Waals surface area contributed by atoms with Crippen LogP contribution in [0.1, 0.15) is 34.6 Å². The Morgan fingerprint density at radius 1 is 1.31 bits per heavy atom. The minimum Gasteiger partial charge on any atom is -0.118 e. The minimum atomic E-state index is 0.231. The Morgan fingerprint density at radius 3 is 2.69 bits per heavy atom. The van der Waals surface area contributed by atoms with Crippen LogP contribution in [0.4, 0.5) is 0 Å². The molecule has 2 unspecified atom stereocenters. The van der Waals surface area contributed by atoms with Gasteiger partial charge in [0.05, 0.1) is 5.38 Å². The predicted molar refractivity (Wildman–Crippen MR) is 57.4 cm³/mol.